The first-order valence-electron chi connectivity index (χ1n) is 12.2. The van der Waals surface area contributed by atoms with Crippen molar-refractivity contribution in [1.82, 2.24) is 10.2 Å². The van der Waals surface area contributed by atoms with Gasteiger partial charge in [0, 0.05) is 10.9 Å². The summed E-state index contributed by atoms with van der Waals surface area (Å²) in [7, 11) is 0. The minimum atomic E-state index is -0.778. The van der Waals surface area contributed by atoms with E-state index in [1.54, 1.807) is 18.2 Å². The van der Waals surface area contributed by atoms with Gasteiger partial charge in [0.25, 0.3) is 5.91 Å². The molecule has 0 aliphatic rings. The number of ether oxygens (including phenoxy) is 3. The molecule has 2 aromatic heterocycles. The number of carbonyl (C=O) groups is 1. The largest absolute Gasteiger partial charge is 0.490 e. The molecule has 1 N–H and O–H groups in total. The standard InChI is InChI=1S/C28H25N3O7/c1-4-34-22-13-17(14-23(35-5-2)24(22)36-6-3)26-30-31-28(38-26)29-25(32)20-15-19-18-10-8-7-9-16(18)11-12-21(19)37-27(20)33/h7-15H,4-6H2,1-3H3,(H,29,31,32). The lowest BCUT2D eigenvalue weighted by atomic mass is 10.0. The Kier molecular flexibility index (Phi) is 6.94. The topological polar surface area (TPSA) is 126 Å². The van der Waals surface area contributed by atoms with E-state index in [1.807, 2.05) is 51.1 Å². The van der Waals surface area contributed by atoms with Crippen LogP contribution in [0.1, 0.15) is 31.1 Å². The van der Waals surface area contributed by atoms with Crippen LogP contribution in [0, 0.1) is 0 Å². The Bertz CT molecular complexity index is 1660. The number of carbonyl (C=O) groups excluding carboxylic acids is 1. The smallest absolute Gasteiger partial charge is 0.349 e. The van der Waals surface area contributed by atoms with Gasteiger partial charge in [0.1, 0.15) is 11.1 Å². The van der Waals surface area contributed by atoms with Crippen LogP contribution in [0.5, 0.6) is 17.2 Å². The van der Waals surface area contributed by atoms with Crippen molar-refractivity contribution in [2.75, 3.05) is 25.1 Å². The van der Waals surface area contributed by atoms with Crippen molar-refractivity contribution in [1.29, 1.82) is 0 Å². The van der Waals surface area contributed by atoms with E-state index in [9.17, 15) is 9.59 Å². The van der Waals surface area contributed by atoms with Crippen molar-refractivity contribution >= 4 is 33.7 Å². The van der Waals surface area contributed by atoms with Gasteiger partial charge in [-0.15, -0.1) is 5.10 Å². The Hall–Kier alpha value is -4.86. The summed E-state index contributed by atoms with van der Waals surface area (Å²) in [5, 5.41) is 12.9. The maximum atomic E-state index is 13.0. The maximum Gasteiger partial charge on any atom is 0.349 e. The fourth-order valence-corrected chi connectivity index (χ4v) is 4.10. The van der Waals surface area contributed by atoms with Crippen LogP contribution in [0.15, 0.2) is 68.2 Å². The van der Waals surface area contributed by atoms with Gasteiger partial charge in [-0.05, 0) is 55.8 Å². The van der Waals surface area contributed by atoms with Gasteiger partial charge in [-0.2, -0.15) is 0 Å². The first-order valence-corrected chi connectivity index (χ1v) is 12.2. The van der Waals surface area contributed by atoms with E-state index in [0.717, 1.165) is 10.8 Å². The fourth-order valence-electron chi connectivity index (χ4n) is 4.10. The van der Waals surface area contributed by atoms with Crippen molar-refractivity contribution in [3.63, 3.8) is 0 Å². The number of hydrogen-bond acceptors (Lipinski definition) is 9. The molecule has 10 nitrogen and oxygen atoms in total. The van der Waals surface area contributed by atoms with Gasteiger partial charge in [0.05, 0.1) is 19.8 Å². The minimum Gasteiger partial charge on any atom is -0.490 e. The monoisotopic (exact) mass is 515 g/mol. The third-order valence-electron chi connectivity index (χ3n) is 5.69. The van der Waals surface area contributed by atoms with E-state index in [-0.39, 0.29) is 17.5 Å². The lowest BCUT2D eigenvalue weighted by molar-refractivity contribution is 0.102. The van der Waals surface area contributed by atoms with Gasteiger partial charge in [0.2, 0.25) is 11.6 Å². The van der Waals surface area contributed by atoms with E-state index < -0.39 is 11.5 Å². The van der Waals surface area contributed by atoms with Crippen molar-refractivity contribution in [2.24, 2.45) is 0 Å². The molecule has 10 heteroatoms. The molecule has 0 saturated carbocycles. The number of nitrogens with zero attached hydrogens (tertiary/aromatic N) is 2. The molecule has 1 amide bonds. The number of aromatic nitrogens is 2. The summed E-state index contributed by atoms with van der Waals surface area (Å²) in [6.45, 7) is 6.82. The van der Waals surface area contributed by atoms with Crippen molar-refractivity contribution in [3.05, 3.63) is 70.6 Å². The lowest BCUT2D eigenvalue weighted by Crippen LogP contribution is -2.20. The second-order valence-corrected chi connectivity index (χ2v) is 8.11. The van der Waals surface area contributed by atoms with Gasteiger partial charge >= 0.3 is 11.6 Å². The zero-order chi connectivity index (χ0) is 26.6. The second kappa shape index (κ2) is 10.6. The third kappa shape index (κ3) is 4.75. The molecule has 38 heavy (non-hydrogen) atoms. The van der Waals surface area contributed by atoms with Crippen molar-refractivity contribution in [2.45, 2.75) is 20.8 Å². The quantitative estimate of drug-likeness (QED) is 0.202. The maximum absolute atomic E-state index is 13.0. The minimum absolute atomic E-state index is 0.113. The van der Waals surface area contributed by atoms with Crippen LogP contribution < -0.4 is 25.2 Å². The molecule has 0 atom stereocenters. The summed E-state index contributed by atoms with van der Waals surface area (Å²) >= 11 is 0. The molecule has 0 radical (unpaired) electrons. The molecule has 0 saturated heterocycles. The summed E-state index contributed by atoms with van der Waals surface area (Å²) in [5.41, 5.74) is -0.0766. The Morgan fingerprint density at radius 1 is 0.842 bits per heavy atom. The number of hydrogen-bond donors (Lipinski definition) is 1. The highest BCUT2D eigenvalue weighted by Crippen LogP contribution is 2.42. The molecule has 0 bridgehead atoms. The Morgan fingerprint density at radius 3 is 2.26 bits per heavy atom. The van der Waals surface area contributed by atoms with Crippen LogP contribution in [0.3, 0.4) is 0 Å². The number of anilines is 1. The van der Waals surface area contributed by atoms with Gasteiger partial charge in [0.15, 0.2) is 11.5 Å². The molecule has 0 fully saturated rings. The van der Waals surface area contributed by atoms with E-state index in [1.165, 1.54) is 6.07 Å². The van der Waals surface area contributed by atoms with Gasteiger partial charge in [-0.25, -0.2) is 4.79 Å². The molecule has 0 aliphatic carbocycles. The fraction of sp³-hybridized carbons (Fsp3) is 0.214. The molecule has 194 valence electrons. The third-order valence-corrected chi connectivity index (χ3v) is 5.69. The summed E-state index contributed by atoms with van der Waals surface area (Å²) in [6, 6.07) is 15.9. The SMILES string of the molecule is CCOc1cc(-c2nnc(NC(=O)c3cc4c(ccc5ccccc54)oc3=O)o2)cc(OCC)c1OCC. The zero-order valence-electron chi connectivity index (χ0n) is 21.1. The average Bonchev–Trinajstić information content (AvgIpc) is 3.38. The summed E-state index contributed by atoms with van der Waals surface area (Å²) in [4.78, 5) is 25.6. The van der Waals surface area contributed by atoms with Crippen LogP contribution in [0.2, 0.25) is 0 Å². The Balaban J connectivity index is 1.46. The number of nitrogens with one attached hydrogen (secondary N) is 1. The number of benzene rings is 3. The van der Waals surface area contributed by atoms with Gasteiger partial charge < -0.3 is 23.0 Å². The summed E-state index contributed by atoms with van der Waals surface area (Å²) in [5.74, 6) is 0.769. The number of fused-ring (bicyclic) bond motifs is 3. The first kappa shape index (κ1) is 24.8. The Labute approximate surface area is 217 Å². The lowest BCUT2D eigenvalue weighted by Gasteiger charge is -2.16. The second-order valence-electron chi connectivity index (χ2n) is 8.11. The van der Waals surface area contributed by atoms with Crippen molar-refractivity contribution < 1.29 is 27.8 Å². The van der Waals surface area contributed by atoms with Crippen LogP contribution >= 0.6 is 0 Å². The molecule has 3 aromatic carbocycles. The molecule has 0 aliphatic heterocycles. The van der Waals surface area contributed by atoms with E-state index >= 15 is 0 Å². The molecule has 5 rings (SSSR count). The van der Waals surface area contributed by atoms with Gasteiger partial charge in [-0.1, -0.05) is 35.4 Å². The van der Waals surface area contributed by atoms with Crippen LogP contribution in [0.25, 0.3) is 33.2 Å². The molecule has 0 unspecified atom stereocenters. The zero-order valence-corrected chi connectivity index (χ0v) is 21.1. The highest BCUT2D eigenvalue weighted by atomic mass is 16.5. The molecule has 0 spiro atoms. The summed E-state index contributed by atoms with van der Waals surface area (Å²) in [6.07, 6.45) is 0. The number of amides is 1. The highest BCUT2D eigenvalue weighted by molar-refractivity contribution is 6.10. The van der Waals surface area contributed by atoms with E-state index in [0.29, 0.717) is 53.6 Å². The van der Waals surface area contributed by atoms with Gasteiger partial charge in [-0.3, -0.25) is 10.1 Å². The first-order chi connectivity index (χ1) is 18.5. The summed E-state index contributed by atoms with van der Waals surface area (Å²) < 4.78 is 28.3. The van der Waals surface area contributed by atoms with Crippen LogP contribution in [-0.4, -0.2) is 35.9 Å². The molecular weight excluding hydrogens is 490 g/mol. The normalized spacial score (nSPS) is 11.0. The molecule has 2 heterocycles. The van der Waals surface area contributed by atoms with Crippen molar-refractivity contribution in [3.8, 4) is 28.7 Å². The number of rotatable bonds is 9. The predicted octanol–water partition coefficient (Wildman–Crippen LogP) is 5.44. The predicted molar refractivity (Wildman–Crippen MR) is 141 cm³/mol. The Morgan fingerprint density at radius 2 is 1.55 bits per heavy atom. The van der Waals surface area contributed by atoms with E-state index in [2.05, 4.69) is 15.5 Å². The highest BCUT2D eigenvalue weighted by Gasteiger charge is 2.21. The molecule has 5 aromatic rings. The average molecular weight is 516 g/mol. The molecular formula is C28H25N3O7. The van der Waals surface area contributed by atoms with Crippen LogP contribution in [0.4, 0.5) is 6.01 Å². The van der Waals surface area contributed by atoms with E-state index in [4.69, 9.17) is 23.0 Å². The van der Waals surface area contributed by atoms with Crippen LogP contribution in [-0.2, 0) is 0 Å².